The molecule has 0 heterocycles. The molecule has 0 aliphatic heterocycles. The maximum atomic E-state index is 14.0. The molecular formula is C19H24FN3O3S. The molecule has 0 aliphatic carbocycles. The molecule has 8 heteroatoms. The normalized spacial score (nSPS) is 11.5. The molecule has 2 rings (SSSR count). The van der Waals surface area contributed by atoms with Crippen molar-refractivity contribution >= 4 is 21.6 Å². The van der Waals surface area contributed by atoms with E-state index in [1.807, 2.05) is 43.3 Å². The van der Waals surface area contributed by atoms with Crippen LogP contribution >= 0.6 is 0 Å². The lowest BCUT2D eigenvalue weighted by Gasteiger charge is -2.13. The van der Waals surface area contributed by atoms with Crippen molar-refractivity contribution in [1.29, 1.82) is 0 Å². The van der Waals surface area contributed by atoms with Gasteiger partial charge in [-0.25, -0.2) is 17.5 Å². The van der Waals surface area contributed by atoms with E-state index in [2.05, 4.69) is 10.0 Å². The molecule has 0 spiro atoms. The van der Waals surface area contributed by atoms with Crippen LogP contribution in [0.15, 0.2) is 47.4 Å². The number of nitrogens with one attached hydrogen (secondary N) is 2. The zero-order valence-corrected chi connectivity index (χ0v) is 16.6. The molecule has 0 radical (unpaired) electrons. The summed E-state index contributed by atoms with van der Waals surface area (Å²) >= 11 is 0. The molecule has 2 aromatic carbocycles. The average molecular weight is 393 g/mol. The number of benzene rings is 2. The Balaban J connectivity index is 2.13. The molecule has 6 nitrogen and oxygen atoms in total. The Bertz CT molecular complexity index is 910. The maximum absolute atomic E-state index is 14.0. The Hall–Kier alpha value is -2.45. The van der Waals surface area contributed by atoms with Gasteiger partial charge >= 0.3 is 0 Å². The van der Waals surface area contributed by atoms with Gasteiger partial charge in [0.25, 0.3) is 5.91 Å². The molecule has 0 saturated heterocycles. The number of halogens is 1. The summed E-state index contributed by atoms with van der Waals surface area (Å²) < 4.78 is 40.7. The van der Waals surface area contributed by atoms with Crippen LogP contribution in [-0.2, 0) is 16.6 Å². The van der Waals surface area contributed by atoms with Gasteiger partial charge in [0, 0.05) is 37.9 Å². The lowest BCUT2D eigenvalue weighted by Crippen LogP contribution is -2.31. The van der Waals surface area contributed by atoms with Crippen LogP contribution < -0.4 is 14.9 Å². The molecule has 0 aliphatic rings. The molecule has 0 aromatic heterocycles. The Morgan fingerprint density at radius 3 is 2.30 bits per heavy atom. The maximum Gasteiger partial charge on any atom is 0.251 e. The first-order valence-corrected chi connectivity index (χ1v) is 9.95. The van der Waals surface area contributed by atoms with E-state index in [-0.39, 0.29) is 12.1 Å². The number of amides is 1. The minimum absolute atomic E-state index is 0.0745. The predicted octanol–water partition coefficient (Wildman–Crippen LogP) is 2.51. The first kappa shape index (κ1) is 20.9. The van der Waals surface area contributed by atoms with E-state index < -0.39 is 32.7 Å². The van der Waals surface area contributed by atoms with E-state index in [0.29, 0.717) is 0 Å². The zero-order chi connectivity index (χ0) is 20.2. The van der Waals surface area contributed by atoms with Crippen molar-refractivity contribution in [3.63, 3.8) is 0 Å². The van der Waals surface area contributed by atoms with Gasteiger partial charge in [-0.3, -0.25) is 4.79 Å². The van der Waals surface area contributed by atoms with Crippen LogP contribution in [0.1, 0.15) is 29.8 Å². The lowest BCUT2D eigenvalue weighted by molar-refractivity contribution is 0.0950. The fraction of sp³-hybridized carbons (Fsp3) is 0.316. The van der Waals surface area contributed by atoms with E-state index in [4.69, 9.17) is 0 Å². The number of anilines is 1. The second kappa shape index (κ2) is 8.49. The van der Waals surface area contributed by atoms with Gasteiger partial charge < -0.3 is 10.2 Å². The number of carbonyl (C=O) groups is 1. The highest BCUT2D eigenvalue weighted by molar-refractivity contribution is 7.89. The Labute approximate surface area is 159 Å². The topological polar surface area (TPSA) is 78.5 Å². The molecule has 0 saturated carbocycles. The van der Waals surface area contributed by atoms with Crippen molar-refractivity contribution in [1.82, 2.24) is 10.0 Å². The van der Waals surface area contributed by atoms with Crippen LogP contribution in [0.4, 0.5) is 10.1 Å². The second-order valence-electron chi connectivity index (χ2n) is 6.66. The summed E-state index contributed by atoms with van der Waals surface area (Å²) in [6.45, 7) is 3.54. The van der Waals surface area contributed by atoms with Gasteiger partial charge in [0.2, 0.25) is 10.0 Å². The van der Waals surface area contributed by atoms with Crippen molar-refractivity contribution in [2.24, 2.45) is 0 Å². The van der Waals surface area contributed by atoms with Gasteiger partial charge in [-0.2, -0.15) is 0 Å². The molecule has 2 N–H and O–H groups in total. The Morgan fingerprint density at radius 2 is 1.74 bits per heavy atom. The number of rotatable bonds is 7. The average Bonchev–Trinajstić information content (AvgIpc) is 2.59. The summed E-state index contributed by atoms with van der Waals surface area (Å²) in [4.78, 5) is 13.8. The third kappa shape index (κ3) is 5.51. The number of sulfonamides is 1. The molecular weight excluding hydrogens is 369 g/mol. The van der Waals surface area contributed by atoms with Crippen molar-refractivity contribution in [3.05, 3.63) is 59.4 Å². The molecule has 1 amide bonds. The highest BCUT2D eigenvalue weighted by Gasteiger charge is 2.22. The quantitative estimate of drug-likeness (QED) is 0.758. The van der Waals surface area contributed by atoms with E-state index in [9.17, 15) is 17.6 Å². The molecule has 0 fully saturated rings. The summed E-state index contributed by atoms with van der Waals surface area (Å²) in [5, 5.41) is 2.71. The SMILES string of the molecule is CC(C)NS(=O)(=O)c1cc(C(=O)NCc2ccc(N(C)C)cc2)ccc1F. The Morgan fingerprint density at radius 1 is 1.11 bits per heavy atom. The second-order valence-corrected chi connectivity index (χ2v) is 8.35. The largest absolute Gasteiger partial charge is 0.378 e. The number of nitrogens with zero attached hydrogens (tertiary/aromatic N) is 1. The van der Waals surface area contributed by atoms with Crippen molar-refractivity contribution < 1.29 is 17.6 Å². The Kier molecular flexibility index (Phi) is 6.56. The van der Waals surface area contributed by atoms with Crippen molar-refractivity contribution in [3.8, 4) is 0 Å². The molecule has 0 atom stereocenters. The van der Waals surface area contributed by atoms with Gasteiger partial charge in [0.05, 0.1) is 0 Å². The molecule has 146 valence electrons. The summed E-state index contributed by atoms with van der Waals surface area (Å²) in [6, 6.07) is 10.5. The van der Waals surface area contributed by atoms with E-state index >= 15 is 0 Å². The van der Waals surface area contributed by atoms with Gasteiger partial charge in [0.1, 0.15) is 10.7 Å². The first-order valence-electron chi connectivity index (χ1n) is 8.46. The standard InChI is InChI=1S/C19H24FN3O3S/c1-13(2)22-27(25,26)18-11-15(7-10-17(18)20)19(24)21-12-14-5-8-16(9-6-14)23(3)4/h5-11,13,22H,12H2,1-4H3,(H,21,24). The zero-order valence-electron chi connectivity index (χ0n) is 15.8. The number of hydrogen-bond donors (Lipinski definition) is 2. The number of hydrogen-bond acceptors (Lipinski definition) is 4. The molecule has 0 unspecified atom stereocenters. The van der Waals surface area contributed by atoms with E-state index in [0.717, 1.165) is 23.4 Å². The van der Waals surface area contributed by atoms with Gasteiger partial charge in [-0.1, -0.05) is 12.1 Å². The number of carbonyl (C=O) groups excluding carboxylic acids is 1. The monoisotopic (exact) mass is 393 g/mol. The highest BCUT2D eigenvalue weighted by Crippen LogP contribution is 2.17. The third-order valence-corrected chi connectivity index (χ3v) is 5.45. The van der Waals surface area contributed by atoms with Crippen LogP contribution in [0, 0.1) is 5.82 Å². The van der Waals surface area contributed by atoms with Crippen LogP contribution in [0.5, 0.6) is 0 Å². The van der Waals surface area contributed by atoms with Gasteiger partial charge in [-0.15, -0.1) is 0 Å². The molecule has 27 heavy (non-hydrogen) atoms. The van der Waals surface area contributed by atoms with Crippen LogP contribution in [0.3, 0.4) is 0 Å². The van der Waals surface area contributed by atoms with Crippen LogP contribution in [0.25, 0.3) is 0 Å². The summed E-state index contributed by atoms with van der Waals surface area (Å²) in [5.41, 5.74) is 2.01. The van der Waals surface area contributed by atoms with Crippen LogP contribution in [-0.4, -0.2) is 34.5 Å². The van der Waals surface area contributed by atoms with Crippen molar-refractivity contribution in [2.75, 3.05) is 19.0 Å². The van der Waals surface area contributed by atoms with Gasteiger partial charge in [-0.05, 0) is 49.7 Å². The summed E-state index contributed by atoms with van der Waals surface area (Å²) in [6.07, 6.45) is 0. The summed E-state index contributed by atoms with van der Waals surface area (Å²) in [7, 11) is -0.165. The smallest absolute Gasteiger partial charge is 0.251 e. The predicted molar refractivity (Wildman–Crippen MR) is 104 cm³/mol. The van der Waals surface area contributed by atoms with Crippen molar-refractivity contribution in [2.45, 2.75) is 31.3 Å². The van der Waals surface area contributed by atoms with E-state index in [1.54, 1.807) is 13.8 Å². The minimum Gasteiger partial charge on any atom is -0.378 e. The summed E-state index contributed by atoms with van der Waals surface area (Å²) in [5.74, 6) is -1.38. The molecule has 2 aromatic rings. The fourth-order valence-corrected chi connectivity index (χ4v) is 3.78. The van der Waals surface area contributed by atoms with Gasteiger partial charge in [0.15, 0.2) is 0 Å². The lowest BCUT2D eigenvalue weighted by atomic mass is 10.1. The third-order valence-electron chi connectivity index (χ3n) is 3.78. The van der Waals surface area contributed by atoms with E-state index in [1.165, 1.54) is 6.07 Å². The fourth-order valence-electron chi connectivity index (χ4n) is 2.42. The minimum atomic E-state index is -4.04. The molecule has 0 bridgehead atoms. The first-order chi connectivity index (χ1) is 12.6. The highest BCUT2D eigenvalue weighted by atomic mass is 32.2. The van der Waals surface area contributed by atoms with Crippen LogP contribution in [0.2, 0.25) is 0 Å².